The Hall–Kier alpha value is -1.49. The smallest absolute Gasteiger partial charge is 0.338 e. The van der Waals surface area contributed by atoms with E-state index in [9.17, 15) is 13.6 Å². The van der Waals surface area contributed by atoms with Crippen molar-refractivity contribution >= 4 is 5.97 Å². The maximum Gasteiger partial charge on any atom is 0.338 e. The zero-order valence-corrected chi connectivity index (χ0v) is 9.88. The molecule has 0 radical (unpaired) electrons. The monoisotopic (exact) mass is 255 g/mol. The van der Waals surface area contributed by atoms with Crippen LogP contribution in [0.1, 0.15) is 48.0 Å². The van der Waals surface area contributed by atoms with Gasteiger partial charge in [-0.25, -0.2) is 13.6 Å². The van der Waals surface area contributed by atoms with Gasteiger partial charge in [-0.3, -0.25) is 0 Å². The number of rotatable bonds is 2. The van der Waals surface area contributed by atoms with Gasteiger partial charge >= 0.3 is 5.97 Å². The summed E-state index contributed by atoms with van der Waals surface area (Å²) < 4.78 is 27.1. The van der Waals surface area contributed by atoms with E-state index in [1.54, 1.807) is 0 Å². The number of carboxylic acid groups (broad SMARTS) is 1. The van der Waals surface area contributed by atoms with E-state index >= 15 is 0 Å². The normalized spacial score (nSPS) is 18.6. The first-order valence-electron chi connectivity index (χ1n) is 5.96. The molecule has 18 heavy (non-hydrogen) atoms. The first kappa shape index (κ1) is 13.0. The molecule has 5 heteroatoms. The van der Waals surface area contributed by atoms with Gasteiger partial charge in [0.15, 0.2) is 0 Å². The molecule has 0 aliphatic heterocycles. The molecular weight excluding hydrogens is 240 g/mol. The Morgan fingerprint density at radius 2 is 1.78 bits per heavy atom. The maximum absolute atomic E-state index is 13.8. The Morgan fingerprint density at radius 3 is 2.33 bits per heavy atom. The Kier molecular flexibility index (Phi) is 3.34. The van der Waals surface area contributed by atoms with Gasteiger partial charge in [0, 0.05) is 17.2 Å². The number of carboxylic acids is 1. The van der Waals surface area contributed by atoms with Crippen molar-refractivity contribution in [3.63, 3.8) is 0 Å². The van der Waals surface area contributed by atoms with Crippen LogP contribution in [0, 0.1) is 11.6 Å². The van der Waals surface area contributed by atoms with E-state index in [0.717, 1.165) is 25.3 Å². The van der Waals surface area contributed by atoms with Crippen molar-refractivity contribution in [1.82, 2.24) is 0 Å². The highest BCUT2D eigenvalue weighted by atomic mass is 19.1. The van der Waals surface area contributed by atoms with Crippen LogP contribution < -0.4 is 5.73 Å². The van der Waals surface area contributed by atoms with E-state index in [1.165, 1.54) is 0 Å². The summed E-state index contributed by atoms with van der Waals surface area (Å²) in [6.07, 6.45) is 3.96. The molecule has 0 atom stereocenters. The summed E-state index contributed by atoms with van der Waals surface area (Å²) in [6.45, 7) is 0. The fourth-order valence-electron chi connectivity index (χ4n) is 2.55. The number of aromatic carboxylic acids is 1. The van der Waals surface area contributed by atoms with Gasteiger partial charge in [0.05, 0.1) is 5.56 Å². The number of halogens is 2. The number of hydrogen-bond donors (Lipinski definition) is 2. The lowest BCUT2D eigenvalue weighted by molar-refractivity contribution is 0.0691. The van der Waals surface area contributed by atoms with Crippen LogP contribution in [0.2, 0.25) is 0 Å². The van der Waals surface area contributed by atoms with E-state index in [1.807, 2.05) is 0 Å². The zero-order valence-electron chi connectivity index (χ0n) is 9.88. The lowest BCUT2D eigenvalue weighted by Crippen LogP contribution is -2.39. The molecule has 0 unspecified atom stereocenters. The van der Waals surface area contributed by atoms with Crippen molar-refractivity contribution in [3.05, 3.63) is 34.9 Å². The highest BCUT2D eigenvalue weighted by Gasteiger charge is 2.33. The van der Waals surface area contributed by atoms with Crippen molar-refractivity contribution in [1.29, 1.82) is 0 Å². The van der Waals surface area contributed by atoms with Gasteiger partial charge < -0.3 is 10.8 Å². The number of hydrogen-bond acceptors (Lipinski definition) is 2. The Labute approximate surface area is 104 Å². The van der Waals surface area contributed by atoms with Crippen LogP contribution in [0.25, 0.3) is 0 Å². The summed E-state index contributed by atoms with van der Waals surface area (Å²) in [5.41, 5.74) is 4.86. The van der Waals surface area contributed by atoms with Crippen molar-refractivity contribution < 1.29 is 18.7 Å². The van der Waals surface area contributed by atoms with E-state index in [4.69, 9.17) is 10.8 Å². The van der Waals surface area contributed by atoms with E-state index in [0.29, 0.717) is 18.9 Å². The van der Waals surface area contributed by atoms with Gasteiger partial charge in [-0.15, -0.1) is 0 Å². The minimum Gasteiger partial charge on any atom is -0.478 e. The quantitative estimate of drug-likeness (QED) is 0.854. The zero-order chi connectivity index (χ0) is 13.3. The molecule has 0 saturated heterocycles. The molecule has 1 aliphatic rings. The highest BCUT2D eigenvalue weighted by Crippen LogP contribution is 2.36. The summed E-state index contributed by atoms with van der Waals surface area (Å²) >= 11 is 0. The number of nitrogens with two attached hydrogens (primary N) is 1. The summed E-state index contributed by atoms with van der Waals surface area (Å²) in [6, 6.07) is 1.65. The van der Waals surface area contributed by atoms with Gasteiger partial charge in [-0.1, -0.05) is 19.3 Å². The Bertz CT molecular complexity index is 482. The van der Waals surface area contributed by atoms with Gasteiger partial charge in [0.1, 0.15) is 11.6 Å². The average Bonchev–Trinajstić information content (AvgIpc) is 2.29. The first-order valence-corrected chi connectivity index (χ1v) is 5.96. The van der Waals surface area contributed by atoms with E-state index in [-0.39, 0.29) is 5.56 Å². The van der Waals surface area contributed by atoms with Crippen LogP contribution >= 0.6 is 0 Å². The fraction of sp³-hybridized carbons (Fsp3) is 0.462. The molecule has 1 fully saturated rings. The highest BCUT2D eigenvalue weighted by molar-refractivity contribution is 5.88. The predicted octanol–water partition coefficient (Wildman–Crippen LogP) is 2.78. The van der Waals surface area contributed by atoms with Crippen molar-refractivity contribution in [2.24, 2.45) is 5.73 Å². The molecule has 0 bridgehead atoms. The lowest BCUT2D eigenvalue weighted by Gasteiger charge is -2.34. The molecule has 3 N–H and O–H groups in total. The second kappa shape index (κ2) is 4.65. The maximum atomic E-state index is 13.8. The second-order valence-electron chi connectivity index (χ2n) is 4.83. The van der Waals surface area contributed by atoms with Gasteiger partial charge in [-0.05, 0) is 18.9 Å². The summed E-state index contributed by atoms with van der Waals surface area (Å²) in [7, 11) is 0. The summed E-state index contributed by atoms with van der Waals surface area (Å²) in [4.78, 5) is 10.9. The van der Waals surface area contributed by atoms with Gasteiger partial charge in [0.25, 0.3) is 0 Å². The first-order chi connectivity index (χ1) is 8.44. The average molecular weight is 255 g/mol. The SMILES string of the molecule is NC1(c2cc(C(=O)O)c(F)cc2F)CCCCC1. The lowest BCUT2D eigenvalue weighted by atomic mass is 9.77. The number of benzene rings is 1. The molecule has 0 spiro atoms. The van der Waals surface area contributed by atoms with Crippen molar-refractivity contribution in [2.75, 3.05) is 0 Å². The van der Waals surface area contributed by atoms with Crippen LogP contribution in [0.4, 0.5) is 8.78 Å². The molecular formula is C13H15F2NO2. The van der Waals surface area contributed by atoms with E-state index < -0.39 is 28.7 Å². The topological polar surface area (TPSA) is 63.3 Å². The molecule has 0 heterocycles. The van der Waals surface area contributed by atoms with Crippen molar-refractivity contribution in [3.8, 4) is 0 Å². The summed E-state index contributed by atoms with van der Waals surface area (Å²) in [5, 5.41) is 8.86. The van der Waals surface area contributed by atoms with Gasteiger partial charge in [-0.2, -0.15) is 0 Å². The molecule has 1 aromatic carbocycles. The minimum absolute atomic E-state index is 0.112. The van der Waals surface area contributed by atoms with Crippen LogP contribution in [0.3, 0.4) is 0 Å². The van der Waals surface area contributed by atoms with E-state index in [2.05, 4.69) is 0 Å². The molecule has 0 amide bonds. The Morgan fingerprint density at radius 1 is 1.17 bits per heavy atom. The minimum atomic E-state index is -1.41. The van der Waals surface area contributed by atoms with Crippen LogP contribution in [0.15, 0.2) is 12.1 Å². The second-order valence-corrected chi connectivity index (χ2v) is 4.83. The molecule has 1 aliphatic carbocycles. The standard InChI is InChI=1S/C13H15F2NO2/c14-10-7-11(15)9(6-8(10)12(17)18)13(16)4-2-1-3-5-13/h6-7H,1-5,16H2,(H,17,18). The van der Waals surface area contributed by atoms with Crippen LogP contribution in [-0.2, 0) is 5.54 Å². The van der Waals surface area contributed by atoms with Crippen LogP contribution in [0.5, 0.6) is 0 Å². The third-order valence-corrected chi connectivity index (χ3v) is 3.57. The number of carbonyl (C=O) groups is 1. The van der Waals surface area contributed by atoms with Crippen LogP contribution in [-0.4, -0.2) is 11.1 Å². The molecule has 2 rings (SSSR count). The molecule has 1 saturated carbocycles. The Balaban J connectivity index is 2.49. The van der Waals surface area contributed by atoms with Gasteiger partial charge in [0.2, 0.25) is 0 Å². The largest absolute Gasteiger partial charge is 0.478 e. The predicted molar refractivity (Wildman–Crippen MR) is 62.3 cm³/mol. The third kappa shape index (κ3) is 2.22. The van der Waals surface area contributed by atoms with Crippen molar-refractivity contribution in [2.45, 2.75) is 37.6 Å². The molecule has 98 valence electrons. The summed E-state index contributed by atoms with van der Waals surface area (Å²) in [5.74, 6) is -3.24. The third-order valence-electron chi connectivity index (χ3n) is 3.57. The fourth-order valence-corrected chi connectivity index (χ4v) is 2.55. The molecule has 0 aromatic heterocycles. The molecule has 1 aromatic rings. The molecule has 3 nitrogen and oxygen atoms in total.